The highest BCUT2D eigenvalue weighted by Crippen LogP contribution is 2.16. The summed E-state index contributed by atoms with van der Waals surface area (Å²) in [6, 6.07) is 6.78. The van der Waals surface area contributed by atoms with Gasteiger partial charge >= 0.3 is 0 Å². The Kier molecular flexibility index (Phi) is 7.23. The van der Waals surface area contributed by atoms with Crippen LogP contribution in [0.3, 0.4) is 0 Å². The lowest BCUT2D eigenvalue weighted by Crippen LogP contribution is -2.31. The fraction of sp³-hybridized carbons (Fsp3) is 0.444. The summed E-state index contributed by atoms with van der Waals surface area (Å²) >= 11 is 1.31. The number of amides is 2. The van der Waals surface area contributed by atoms with Gasteiger partial charge in [-0.3, -0.25) is 9.59 Å². The van der Waals surface area contributed by atoms with E-state index in [0.717, 1.165) is 18.0 Å². The number of carbonyl (C=O) groups excluding carboxylic acids is 2. The molecule has 2 rings (SSSR count). The van der Waals surface area contributed by atoms with Crippen molar-refractivity contribution in [1.82, 2.24) is 20.4 Å². The Morgan fingerprint density at radius 1 is 1.12 bits per heavy atom. The second-order valence-corrected chi connectivity index (χ2v) is 7.75. The van der Waals surface area contributed by atoms with Crippen molar-refractivity contribution in [3.8, 4) is 0 Å². The van der Waals surface area contributed by atoms with Gasteiger partial charge in [0, 0.05) is 30.8 Å². The highest BCUT2D eigenvalue weighted by atomic mass is 32.1. The van der Waals surface area contributed by atoms with E-state index in [0.29, 0.717) is 28.7 Å². The van der Waals surface area contributed by atoms with Crippen LogP contribution in [0.2, 0.25) is 0 Å². The van der Waals surface area contributed by atoms with Gasteiger partial charge in [-0.1, -0.05) is 25.2 Å². The molecule has 1 aromatic heterocycles. The van der Waals surface area contributed by atoms with E-state index in [1.165, 1.54) is 11.3 Å². The molecule has 2 aromatic rings. The van der Waals surface area contributed by atoms with Gasteiger partial charge in [0.15, 0.2) is 0 Å². The zero-order chi connectivity index (χ0) is 19.1. The molecular weight excluding hydrogens is 350 g/mol. The molecule has 0 aliphatic carbocycles. The van der Waals surface area contributed by atoms with Gasteiger partial charge in [-0.2, -0.15) is 0 Å². The molecule has 0 atom stereocenters. The van der Waals surface area contributed by atoms with E-state index >= 15 is 0 Å². The SMILES string of the molecule is CC(C)Cc1nnc(C(=O)Nc2ccc(C(=O)NCCN(C)C)cc2)s1. The first-order valence-corrected chi connectivity index (χ1v) is 9.33. The topological polar surface area (TPSA) is 87.2 Å². The summed E-state index contributed by atoms with van der Waals surface area (Å²) in [6.07, 6.45) is 0.808. The van der Waals surface area contributed by atoms with Gasteiger partial charge in [0.25, 0.3) is 11.8 Å². The third-order valence-electron chi connectivity index (χ3n) is 3.49. The fourth-order valence-electron chi connectivity index (χ4n) is 2.16. The van der Waals surface area contributed by atoms with Gasteiger partial charge in [0.2, 0.25) is 5.01 Å². The Morgan fingerprint density at radius 3 is 2.42 bits per heavy atom. The van der Waals surface area contributed by atoms with Crippen LogP contribution in [-0.4, -0.2) is 54.1 Å². The molecule has 0 aliphatic rings. The monoisotopic (exact) mass is 375 g/mol. The van der Waals surface area contributed by atoms with E-state index in [1.54, 1.807) is 24.3 Å². The molecule has 1 aromatic carbocycles. The first-order chi connectivity index (χ1) is 12.3. The minimum absolute atomic E-state index is 0.132. The maximum atomic E-state index is 12.3. The lowest BCUT2D eigenvalue weighted by molar-refractivity contribution is 0.0950. The summed E-state index contributed by atoms with van der Waals surface area (Å²) in [5.41, 5.74) is 1.16. The molecule has 140 valence electrons. The third-order valence-corrected chi connectivity index (χ3v) is 4.44. The molecule has 0 saturated carbocycles. The first-order valence-electron chi connectivity index (χ1n) is 8.52. The number of anilines is 1. The number of likely N-dealkylation sites (N-methyl/N-ethyl adjacent to an activating group) is 1. The van der Waals surface area contributed by atoms with Crippen LogP contribution in [0.5, 0.6) is 0 Å². The van der Waals surface area contributed by atoms with Crippen molar-refractivity contribution in [3.63, 3.8) is 0 Å². The standard InChI is InChI=1S/C18H25N5O2S/c1-12(2)11-15-21-22-18(26-15)17(25)20-14-7-5-13(6-8-14)16(24)19-9-10-23(3)4/h5-8,12H,9-11H2,1-4H3,(H,19,24)(H,20,25). The fourth-order valence-corrected chi connectivity index (χ4v) is 3.11. The molecule has 2 amide bonds. The molecule has 0 bridgehead atoms. The molecule has 0 radical (unpaired) electrons. The summed E-state index contributed by atoms with van der Waals surface area (Å²) in [5, 5.41) is 14.8. The van der Waals surface area contributed by atoms with Gasteiger partial charge < -0.3 is 15.5 Å². The predicted octanol–water partition coefficient (Wildman–Crippen LogP) is 2.28. The van der Waals surface area contributed by atoms with Crippen molar-refractivity contribution in [2.75, 3.05) is 32.5 Å². The van der Waals surface area contributed by atoms with Gasteiger partial charge in [0.05, 0.1) is 0 Å². The molecule has 2 N–H and O–H groups in total. The molecule has 8 heteroatoms. The number of aromatic nitrogens is 2. The lowest BCUT2D eigenvalue weighted by atomic mass is 10.1. The number of nitrogens with zero attached hydrogens (tertiary/aromatic N) is 3. The van der Waals surface area contributed by atoms with Crippen LogP contribution in [0.15, 0.2) is 24.3 Å². The quantitative estimate of drug-likeness (QED) is 0.739. The Labute approximate surface area is 157 Å². The highest BCUT2D eigenvalue weighted by Gasteiger charge is 2.14. The van der Waals surface area contributed by atoms with E-state index in [-0.39, 0.29) is 11.8 Å². The van der Waals surface area contributed by atoms with Crippen molar-refractivity contribution >= 4 is 28.8 Å². The molecule has 26 heavy (non-hydrogen) atoms. The van der Waals surface area contributed by atoms with Crippen LogP contribution in [0.1, 0.15) is 39.0 Å². The van der Waals surface area contributed by atoms with Crippen molar-refractivity contribution in [1.29, 1.82) is 0 Å². The lowest BCUT2D eigenvalue weighted by Gasteiger charge is -2.10. The molecule has 0 fully saturated rings. The molecular formula is C18H25N5O2S. The van der Waals surface area contributed by atoms with Gasteiger partial charge in [-0.05, 0) is 44.3 Å². The van der Waals surface area contributed by atoms with Crippen molar-refractivity contribution in [3.05, 3.63) is 39.8 Å². The van der Waals surface area contributed by atoms with Crippen molar-refractivity contribution < 1.29 is 9.59 Å². The maximum absolute atomic E-state index is 12.3. The van der Waals surface area contributed by atoms with E-state index in [9.17, 15) is 9.59 Å². The predicted molar refractivity (Wildman–Crippen MR) is 104 cm³/mol. The molecule has 7 nitrogen and oxygen atoms in total. The van der Waals surface area contributed by atoms with Crippen LogP contribution < -0.4 is 10.6 Å². The highest BCUT2D eigenvalue weighted by molar-refractivity contribution is 7.13. The molecule has 1 heterocycles. The molecule has 0 spiro atoms. The van der Waals surface area contributed by atoms with Gasteiger partial charge in [0.1, 0.15) is 5.01 Å². The zero-order valence-corrected chi connectivity index (χ0v) is 16.4. The average Bonchev–Trinajstić information content (AvgIpc) is 3.03. The van der Waals surface area contributed by atoms with Crippen molar-refractivity contribution in [2.45, 2.75) is 20.3 Å². The number of nitrogens with one attached hydrogen (secondary N) is 2. The third kappa shape index (κ3) is 6.20. The van der Waals surface area contributed by atoms with E-state index < -0.39 is 0 Å². The second kappa shape index (κ2) is 9.40. The minimum Gasteiger partial charge on any atom is -0.351 e. The van der Waals surface area contributed by atoms with Crippen molar-refractivity contribution in [2.24, 2.45) is 5.92 Å². The number of carbonyl (C=O) groups is 2. The number of hydrogen-bond donors (Lipinski definition) is 2. The Balaban J connectivity index is 1.91. The van der Waals surface area contributed by atoms with Crippen LogP contribution in [0, 0.1) is 5.92 Å². The number of hydrogen-bond acceptors (Lipinski definition) is 6. The van der Waals surface area contributed by atoms with Crippen LogP contribution in [0.25, 0.3) is 0 Å². The average molecular weight is 375 g/mol. The maximum Gasteiger partial charge on any atom is 0.286 e. The van der Waals surface area contributed by atoms with Crippen LogP contribution in [-0.2, 0) is 6.42 Å². The first kappa shape index (κ1) is 20.0. The Morgan fingerprint density at radius 2 is 1.81 bits per heavy atom. The summed E-state index contributed by atoms with van der Waals surface area (Å²) in [7, 11) is 3.90. The molecule has 0 unspecified atom stereocenters. The molecule has 0 aliphatic heterocycles. The number of benzene rings is 1. The van der Waals surface area contributed by atoms with E-state index in [2.05, 4.69) is 34.7 Å². The normalized spacial score (nSPS) is 11.0. The van der Waals surface area contributed by atoms with E-state index in [4.69, 9.17) is 0 Å². The summed E-state index contributed by atoms with van der Waals surface area (Å²) in [6.45, 7) is 5.55. The molecule has 0 saturated heterocycles. The largest absolute Gasteiger partial charge is 0.351 e. The number of rotatable bonds is 8. The van der Waals surface area contributed by atoms with E-state index in [1.807, 2.05) is 19.0 Å². The van der Waals surface area contributed by atoms with Gasteiger partial charge in [-0.15, -0.1) is 10.2 Å². The smallest absolute Gasteiger partial charge is 0.286 e. The Hall–Kier alpha value is -2.32. The second-order valence-electron chi connectivity index (χ2n) is 6.69. The zero-order valence-electron chi connectivity index (χ0n) is 15.6. The summed E-state index contributed by atoms with van der Waals surface area (Å²) in [4.78, 5) is 26.3. The van der Waals surface area contributed by atoms with Crippen LogP contribution in [0.4, 0.5) is 5.69 Å². The summed E-state index contributed by atoms with van der Waals surface area (Å²) < 4.78 is 0. The minimum atomic E-state index is -0.291. The van der Waals surface area contributed by atoms with Crippen LogP contribution >= 0.6 is 11.3 Å². The summed E-state index contributed by atoms with van der Waals surface area (Å²) in [5.74, 6) is 0.0446. The van der Waals surface area contributed by atoms with Gasteiger partial charge in [-0.25, -0.2) is 0 Å². The Bertz CT molecular complexity index is 740.